The summed E-state index contributed by atoms with van der Waals surface area (Å²) in [7, 11) is 0. The van der Waals surface area contributed by atoms with E-state index in [4.69, 9.17) is 19.8 Å². The van der Waals surface area contributed by atoms with Gasteiger partial charge in [-0.15, -0.1) is 0 Å². The molecule has 2 rings (SSSR count). The fraction of sp³-hybridized carbons (Fsp3) is 0.250. The molecule has 2 aromatic carbocycles. The molecule has 0 spiro atoms. The van der Waals surface area contributed by atoms with Gasteiger partial charge in [0.15, 0.2) is 11.6 Å². The van der Waals surface area contributed by atoms with Crippen molar-refractivity contribution in [1.82, 2.24) is 4.90 Å². The average molecular weight is 408 g/mol. The third-order valence-electron chi connectivity index (χ3n) is 3.74. The summed E-state index contributed by atoms with van der Waals surface area (Å²) in [6.45, 7) is 4.24. The molecule has 2 aromatic rings. The number of carboxylic acid groups (broad SMARTS) is 2. The van der Waals surface area contributed by atoms with Gasteiger partial charge in [0.2, 0.25) is 5.91 Å². The molecule has 0 aliphatic heterocycles. The Morgan fingerprint density at radius 3 is 2.10 bits per heavy atom. The summed E-state index contributed by atoms with van der Waals surface area (Å²) in [5, 5.41) is 17.4. The maximum atomic E-state index is 13.1. The lowest BCUT2D eigenvalue weighted by Crippen LogP contribution is -2.27. The summed E-state index contributed by atoms with van der Waals surface area (Å²) in [5.41, 5.74) is 1.45. The van der Waals surface area contributed by atoms with Crippen molar-refractivity contribution in [1.29, 1.82) is 0 Å². The molecule has 0 aromatic heterocycles. The summed E-state index contributed by atoms with van der Waals surface area (Å²) < 4.78 is 26.0. The molecule has 0 aliphatic rings. The van der Waals surface area contributed by atoms with Crippen LogP contribution in [0.4, 0.5) is 14.5 Å². The first-order valence-electron chi connectivity index (χ1n) is 8.70. The Kier molecular flexibility index (Phi) is 9.97. The molecule has 0 atom stereocenters. The first-order chi connectivity index (χ1) is 13.7. The number of anilines is 1. The van der Waals surface area contributed by atoms with Crippen molar-refractivity contribution in [3.8, 4) is 0 Å². The summed E-state index contributed by atoms with van der Waals surface area (Å²) in [6, 6.07) is 13.4. The van der Waals surface area contributed by atoms with Crippen molar-refractivity contribution in [2.45, 2.75) is 19.9 Å². The molecule has 0 saturated carbocycles. The number of rotatable bonds is 7. The van der Waals surface area contributed by atoms with E-state index in [0.717, 1.165) is 25.2 Å². The van der Waals surface area contributed by atoms with Crippen LogP contribution in [0, 0.1) is 11.6 Å². The van der Waals surface area contributed by atoms with Gasteiger partial charge in [0.05, 0.1) is 0 Å². The number of nitrogens with zero attached hydrogens (tertiary/aromatic N) is 1. The number of carbonyl (C=O) groups excluding carboxylic acids is 1. The van der Waals surface area contributed by atoms with Crippen LogP contribution in [0.15, 0.2) is 48.5 Å². The SMILES string of the molecule is CCN(CCC(=O)Nc1ccc(F)c(F)c1)Cc1ccccc1.O=C(O)C(=O)O. The molecule has 0 fully saturated rings. The largest absolute Gasteiger partial charge is 0.473 e. The third-order valence-corrected chi connectivity index (χ3v) is 3.74. The Labute approximate surface area is 166 Å². The molecular weight excluding hydrogens is 386 g/mol. The zero-order valence-electron chi connectivity index (χ0n) is 15.8. The molecule has 0 aliphatic carbocycles. The van der Waals surface area contributed by atoms with Crippen LogP contribution in [0.1, 0.15) is 18.9 Å². The van der Waals surface area contributed by atoms with Gasteiger partial charge < -0.3 is 15.5 Å². The highest BCUT2D eigenvalue weighted by molar-refractivity contribution is 6.27. The second-order valence-corrected chi connectivity index (χ2v) is 5.89. The molecule has 29 heavy (non-hydrogen) atoms. The van der Waals surface area contributed by atoms with E-state index in [1.807, 2.05) is 37.3 Å². The molecule has 0 radical (unpaired) electrons. The van der Waals surface area contributed by atoms with Crippen LogP contribution in [0.2, 0.25) is 0 Å². The number of benzene rings is 2. The number of hydrogen-bond donors (Lipinski definition) is 3. The van der Waals surface area contributed by atoms with E-state index in [1.54, 1.807) is 0 Å². The molecule has 0 saturated heterocycles. The number of aliphatic carboxylic acids is 2. The minimum Gasteiger partial charge on any atom is -0.473 e. The Morgan fingerprint density at radius 2 is 1.59 bits per heavy atom. The first kappa shape index (κ1) is 23.7. The lowest BCUT2D eigenvalue weighted by atomic mass is 10.2. The lowest BCUT2D eigenvalue weighted by Gasteiger charge is -2.20. The van der Waals surface area contributed by atoms with E-state index in [9.17, 15) is 13.6 Å². The van der Waals surface area contributed by atoms with Gasteiger partial charge in [0.25, 0.3) is 0 Å². The van der Waals surface area contributed by atoms with E-state index in [2.05, 4.69) is 10.2 Å². The van der Waals surface area contributed by atoms with Gasteiger partial charge >= 0.3 is 11.9 Å². The number of nitrogens with one attached hydrogen (secondary N) is 1. The lowest BCUT2D eigenvalue weighted by molar-refractivity contribution is -0.159. The van der Waals surface area contributed by atoms with Crippen LogP contribution < -0.4 is 5.32 Å². The van der Waals surface area contributed by atoms with E-state index in [1.165, 1.54) is 11.6 Å². The average Bonchev–Trinajstić information content (AvgIpc) is 2.69. The van der Waals surface area contributed by atoms with Crippen LogP contribution in [0.25, 0.3) is 0 Å². The van der Waals surface area contributed by atoms with Gasteiger partial charge in [-0.25, -0.2) is 18.4 Å². The third kappa shape index (κ3) is 9.43. The van der Waals surface area contributed by atoms with E-state index >= 15 is 0 Å². The fourth-order valence-corrected chi connectivity index (χ4v) is 2.25. The fourth-order valence-electron chi connectivity index (χ4n) is 2.25. The first-order valence-corrected chi connectivity index (χ1v) is 8.70. The zero-order chi connectivity index (χ0) is 21.8. The predicted molar refractivity (Wildman–Crippen MR) is 102 cm³/mol. The number of carboxylic acids is 2. The summed E-state index contributed by atoms with van der Waals surface area (Å²) in [4.78, 5) is 32.3. The van der Waals surface area contributed by atoms with E-state index in [0.29, 0.717) is 13.0 Å². The maximum absolute atomic E-state index is 13.1. The van der Waals surface area contributed by atoms with Crippen LogP contribution in [0.5, 0.6) is 0 Å². The molecule has 3 N–H and O–H groups in total. The second kappa shape index (κ2) is 12.2. The van der Waals surface area contributed by atoms with Crippen molar-refractivity contribution in [2.24, 2.45) is 0 Å². The van der Waals surface area contributed by atoms with Crippen molar-refractivity contribution in [3.05, 3.63) is 65.7 Å². The quantitative estimate of drug-likeness (QED) is 0.608. The highest BCUT2D eigenvalue weighted by Crippen LogP contribution is 2.13. The number of halogens is 2. The van der Waals surface area contributed by atoms with Gasteiger partial charge in [0, 0.05) is 31.3 Å². The van der Waals surface area contributed by atoms with Gasteiger partial charge in [-0.05, 0) is 24.2 Å². The topological polar surface area (TPSA) is 107 Å². The smallest absolute Gasteiger partial charge is 0.414 e. The van der Waals surface area contributed by atoms with Gasteiger partial charge in [0.1, 0.15) is 0 Å². The molecule has 7 nitrogen and oxygen atoms in total. The Bertz CT molecular complexity index is 819. The molecule has 1 amide bonds. The van der Waals surface area contributed by atoms with Crippen LogP contribution in [-0.2, 0) is 20.9 Å². The van der Waals surface area contributed by atoms with Crippen molar-refractivity contribution < 1.29 is 33.4 Å². The summed E-state index contributed by atoms with van der Waals surface area (Å²) >= 11 is 0. The normalized spacial score (nSPS) is 10.1. The molecular formula is C20H22F2N2O5. The summed E-state index contributed by atoms with van der Waals surface area (Å²) in [5.74, 6) is -5.77. The monoisotopic (exact) mass is 408 g/mol. The maximum Gasteiger partial charge on any atom is 0.414 e. The molecule has 0 heterocycles. The van der Waals surface area contributed by atoms with Crippen molar-refractivity contribution >= 4 is 23.5 Å². The Hall–Kier alpha value is -3.33. The summed E-state index contributed by atoms with van der Waals surface area (Å²) in [6.07, 6.45) is 0.291. The van der Waals surface area contributed by atoms with Crippen LogP contribution >= 0.6 is 0 Å². The predicted octanol–water partition coefficient (Wildman–Crippen LogP) is 2.97. The molecule has 156 valence electrons. The van der Waals surface area contributed by atoms with Gasteiger partial charge in [-0.3, -0.25) is 9.69 Å². The minimum absolute atomic E-state index is 0.220. The number of hydrogen-bond acceptors (Lipinski definition) is 4. The second-order valence-electron chi connectivity index (χ2n) is 5.89. The Morgan fingerprint density at radius 1 is 0.966 bits per heavy atom. The molecule has 9 heteroatoms. The van der Waals surface area contributed by atoms with E-state index < -0.39 is 23.6 Å². The highest BCUT2D eigenvalue weighted by atomic mass is 19.2. The van der Waals surface area contributed by atoms with Gasteiger partial charge in [-0.2, -0.15) is 0 Å². The highest BCUT2D eigenvalue weighted by Gasteiger charge is 2.09. The van der Waals surface area contributed by atoms with Crippen molar-refractivity contribution in [2.75, 3.05) is 18.4 Å². The van der Waals surface area contributed by atoms with E-state index in [-0.39, 0.29) is 11.6 Å². The number of carbonyl (C=O) groups is 3. The Balaban J connectivity index is 0.000000612. The zero-order valence-corrected chi connectivity index (χ0v) is 15.8. The standard InChI is InChI=1S/C18H20F2N2O.C2H2O4/c1-2-22(13-14-6-4-3-5-7-14)11-10-18(23)21-15-8-9-16(19)17(20)12-15;3-1(4)2(5)6/h3-9,12H,2,10-11,13H2,1H3,(H,21,23);(H,3,4)(H,5,6). The number of amides is 1. The van der Waals surface area contributed by atoms with Gasteiger partial charge in [-0.1, -0.05) is 37.3 Å². The molecule has 0 bridgehead atoms. The van der Waals surface area contributed by atoms with Crippen LogP contribution in [0.3, 0.4) is 0 Å². The van der Waals surface area contributed by atoms with Crippen molar-refractivity contribution in [3.63, 3.8) is 0 Å². The van der Waals surface area contributed by atoms with Crippen LogP contribution in [-0.4, -0.2) is 46.0 Å². The molecule has 0 unspecified atom stereocenters. The minimum atomic E-state index is -1.82.